The zero-order valence-electron chi connectivity index (χ0n) is 14.8. The van der Waals surface area contributed by atoms with Crippen LogP contribution in [0.2, 0.25) is 0 Å². The van der Waals surface area contributed by atoms with E-state index < -0.39 is 27.8 Å². The van der Waals surface area contributed by atoms with Crippen LogP contribution in [0.25, 0.3) is 0 Å². The van der Waals surface area contributed by atoms with Crippen LogP contribution < -0.4 is 5.32 Å². The SMILES string of the molecule is COC(=O)C1CCCN(S(=O)(=O)c2ccc(NC(=O)c3ccco3)cc2)C1. The lowest BCUT2D eigenvalue weighted by Gasteiger charge is -2.30. The molecule has 144 valence electrons. The number of benzene rings is 1. The Morgan fingerprint density at radius 1 is 1.22 bits per heavy atom. The Labute approximate surface area is 157 Å². The number of piperidine rings is 1. The molecular formula is C18H20N2O6S. The summed E-state index contributed by atoms with van der Waals surface area (Å²) in [5, 5.41) is 2.63. The first-order chi connectivity index (χ1) is 12.9. The van der Waals surface area contributed by atoms with E-state index in [0.717, 1.165) is 0 Å². The van der Waals surface area contributed by atoms with Crippen LogP contribution in [0, 0.1) is 5.92 Å². The molecule has 1 aliphatic rings. The summed E-state index contributed by atoms with van der Waals surface area (Å²) >= 11 is 0. The Bertz CT molecular complexity index is 906. The van der Waals surface area contributed by atoms with Crippen molar-refractivity contribution >= 4 is 27.6 Å². The number of nitrogens with one attached hydrogen (secondary N) is 1. The summed E-state index contributed by atoms with van der Waals surface area (Å²) in [6, 6.07) is 9.00. The van der Waals surface area contributed by atoms with Crippen LogP contribution in [0.4, 0.5) is 5.69 Å². The molecule has 2 heterocycles. The summed E-state index contributed by atoms with van der Waals surface area (Å²) in [7, 11) is -2.43. The van der Waals surface area contributed by atoms with Crippen molar-refractivity contribution in [3.05, 3.63) is 48.4 Å². The van der Waals surface area contributed by atoms with Gasteiger partial charge in [0.2, 0.25) is 10.0 Å². The van der Waals surface area contributed by atoms with Gasteiger partial charge in [-0.3, -0.25) is 9.59 Å². The van der Waals surface area contributed by atoms with Crippen molar-refractivity contribution in [1.29, 1.82) is 0 Å². The fourth-order valence-electron chi connectivity index (χ4n) is 2.98. The molecular weight excluding hydrogens is 372 g/mol. The van der Waals surface area contributed by atoms with Crippen LogP contribution in [0.3, 0.4) is 0 Å². The number of hydrogen-bond acceptors (Lipinski definition) is 6. The minimum atomic E-state index is -3.73. The average molecular weight is 392 g/mol. The Hall–Kier alpha value is -2.65. The van der Waals surface area contributed by atoms with E-state index in [1.54, 1.807) is 6.07 Å². The van der Waals surface area contributed by atoms with E-state index in [1.807, 2.05) is 0 Å². The minimum absolute atomic E-state index is 0.101. The van der Waals surface area contributed by atoms with Gasteiger partial charge in [-0.2, -0.15) is 4.31 Å². The molecule has 1 aromatic carbocycles. The Morgan fingerprint density at radius 3 is 2.59 bits per heavy atom. The molecule has 1 fully saturated rings. The number of nitrogens with zero attached hydrogens (tertiary/aromatic N) is 1. The maximum atomic E-state index is 12.8. The zero-order chi connectivity index (χ0) is 19.4. The molecule has 0 aliphatic carbocycles. The van der Waals surface area contributed by atoms with E-state index in [2.05, 4.69) is 5.32 Å². The smallest absolute Gasteiger partial charge is 0.309 e. The van der Waals surface area contributed by atoms with Crippen molar-refractivity contribution in [3.8, 4) is 0 Å². The van der Waals surface area contributed by atoms with E-state index in [-0.39, 0.29) is 17.2 Å². The standard InChI is InChI=1S/C18H20N2O6S/c1-25-18(22)13-4-2-10-20(12-13)27(23,24)15-8-6-14(7-9-15)19-17(21)16-5-3-11-26-16/h3,5-9,11,13H,2,4,10,12H2,1H3,(H,19,21). The number of methoxy groups -OCH3 is 1. The zero-order valence-corrected chi connectivity index (χ0v) is 15.6. The highest BCUT2D eigenvalue weighted by molar-refractivity contribution is 7.89. The molecule has 1 saturated heterocycles. The van der Waals surface area contributed by atoms with Crippen LogP contribution >= 0.6 is 0 Å². The van der Waals surface area contributed by atoms with Crippen molar-refractivity contribution in [2.75, 3.05) is 25.5 Å². The second-order valence-corrected chi connectivity index (χ2v) is 8.12. The normalized spacial score (nSPS) is 18.0. The molecule has 1 amide bonds. The van der Waals surface area contributed by atoms with Gasteiger partial charge in [-0.05, 0) is 49.2 Å². The first-order valence-electron chi connectivity index (χ1n) is 8.44. The predicted molar refractivity (Wildman–Crippen MR) is 96.6 cm³/mol. The molecule has 1 aromatic heterocycles. The van der Waals surface area contributed by atoms with Gasteiger partial charge in [0.05, 0.1) is 24.2 Å². The maximum Gasteiger partial charge on any atom is 0.309 e. The molecule has 8 nitrogen and oxygen atoms in total. The lowest BCUT2D eigenvalue weighted by atomic mass is 10.0. The third kappa shape index (κ3) is 4.20. The Balaban J connectivity index is 1.71. The van der Waals surface area contributed by atoms with Crippen molar-refractivity contribution in [3.63, 3.8) is 0 Å². The van der Waals surface area contributed by atoms with E-state index in [0.29, 0.717) is 25.1 Å². The lowest BCUT2D eigenvalue weighted by molar-refractivity contribution is -0.146. The van der Waals surface area contributed by atoms with Crippen LogP contribution in [0.5, 0.6) is 0 Å². The van der Waals surface area contributed by atoms with Gasteiger partial charge in [-0.1, -0.05) is 0 Å². The van der Waals surface area contributed by atoms with Gasteiger partial charge < -0.3 is 14.5 Å². The first kappa shape index (κ1) is 19.1. The molecule has 3 rings (SSSR count). The van der Waals surface area contributed by atoms with Crippen LogP contribution in [0.1, 0.15) is 23.4 Å². The second-order valence-electron chi connectivity index (χ2n) is 6.18. The van der Waals surface area contributed by atoms with Crippen molar-refractivity contribution in [2.45, 2.75) is 17.7 Å². The predicted octanol–water partition coefficient (Wildman–Crippen LogP) is 2.11. The lowest BCUT2D eigenvalue weighted by Crippen LogP contribution is -2.42. The van der Waals surface area contributed by atoms with Crippen LogP contribution in [-0.4, -0.2) is 44.8 Å². The highest BCUT2D eigenvalue weighted by Gasteiger charge is 2.33. The van der Waals surface area contributed by atoms with Gasteiger partial charge >= 0.3 is 5.97 Å². The average Bonchev–Trinajstić information content (AvgIpc) is 3.23. The van der Waals surface area contributed by atoms with E-state index in [1.165, 1.54) is 48.0 Å². The summed E-state index contributed by atoms with van der Waals surface area (Å²) in [5.41, 5.74) is 0.446. The third-order valence-corrected chi connectivity index (χ3v) is 6.29. The number of carbonyl (C=O) groups excluding carboxylic acids is 2. The van der Waals surface area contributed by atoms with Crippen LogP contribution in [-0.2, 0) is 19.6 Å². The fourth-order valence-corrected chi connectivity index (χ4v) is 4.50. The molecule has 1 atom stereocenters. The molecule has 1 aliphatic heterocycles. The van der Waals surface area contributed by atoms with Gasteiger partial charge in [0, 0.05) is 18.8 Å². The third-order valence-electron chi connectivity index (χ3n) is 4.41. The number of amides is 1. The summed E-state index contributed by atoms with van der Waals surface area (Å²) in [6.07, 6.45) is 2.59. The Kier molecular flexibility index (Phi) is 5.62. The molecule has 2 aromatic rings. The van der Waals surface area contributed by atoms with Gasteiger partial charge in [-0.25, -0.2) is 8.42 Å². The van der Waals surface area contributed by atoms with Gasteiger partial charge in [0.1, 0.15) is 0 Å². The van der Waals surface area contributed by atoms with Gasteiger partial charge in [-0.15, -0.1) is 0 Å². The number of furan rings is 1. The van der Waals surface area contributed by atoms with E-state index >= 15 is 0 Å². The monoisotopic (exact) mass is 392 g/mol. The van der Waals surface area contributed by atoms with Crippen molar-refractivity contribution in [2.24, 2.45) is 5.92 Å². The number of hydrogen-bond donors (Lipinski definition) is 1. The number of anilines is 1. The van der Waals surface area contributed by atoms with Gasteiger partial charge in [0.25, 0.3) is 5.91 Å². The van der Waals surface area contributed by atoms with Crippen molar-refractivity contribution in [1.82, 2.24) is 4.31 Å². The fraction of sp³-hybridized carbons (Fsp3) is 0.333. The number of esters is 1. The van der Waals surface area contributed by atoms with Crippen molar-refractivity contribution < 1.29 is 27.2 Å². The second kappa shape index (κ2) is 7.93. The summed E-state index contributed by atoms with van der Waals surface area (Å²) in [6.45, 7) is 0.457. The largest absolute Gasteiger partial charge is 0.469 e. The maximum absolute atomic E-state index is 12.8. The number of carbonyl (C=O) groups is 2. The minimum Gasteiger partial charge on any atom is -0.469 e. The topological polar surface area (TPSA) is 106 Å². The highest BCUT2D eigenvalue weighted by atomic mass is 32.2. The van der Waals surface area contributed by atoms with E-state index in [9.17, 15) is 18.0 Å². The molecule has 0 saturated carbocycles. The number of rotatable bonds is 5. The molecule has 1 N–H and O–H groups in total. The molecule has 27 heavy (non-hydrogen) atoms. The summed E-state index contributed by atoms with van der Waals surface area (Å²) < 4.78 is 36.7. The molecule has 0 radical (unpaired) electrons. The van der Waals surface area contributed by atoms with Gasteiger partial charge in [0.15, 0.2) is 5.76 Å². The first-order valence-corrected chi connectivity index (χ1v) is 9.88. The quantitative estimate of drug-likeness (QED) is 0.781. The number of sulfonamides is 1. The Morgan fingerprint density at radius 2 is 1.96 bits per heavy atom. The molecule has 1 unspecified atom stereocenters. The molecule has 0 bridgehead atoms. The summed E-state index contributed by atoms with van der Waals surface area (Å²) in [5.74, 6) is -1.11. The highest BCUT2D eigenvalue weighted by Crippen LogP contribution is 2.25. The number of ether oxygens (including phenoxy) is 1. The molecule has 9 heteroatoms. The summed E-state index contributed by atoms with van der Waals surface area (Å²) in [4.78, 5) is 23.8. The van der Waals surface area contributed by atoms with Crippen LogP contribution in [0.15, 0.2) is 52.0 Å². The molecule has 0 spiro atoms. The van der Waals surface area contributed by atoms with E-state index in [4.69, 9.17) is 9.15 Å².